The Hall–Kier alpha value is -6.50. The molecule has 0 N–H and O–H groups in total. The molecule has 50 heavy (non-hydrogen) atoms. The molecule has 0 saturated heterocycles. The van der Waals surface area contributed by atoms with Crippen LogP contribution in [0.5, 0.6) is 0 Å². The monoisotopic (exact) mass is 663 g/mol. The summed E-state index contributed by atoms with van der Waals surface area (Å²) in [5.74, 6) is 0. The van der Waals surface area contributed by atoms with Crippen molar-refractivity contribution in [2.75, 3.05) is 0 Å². The quantitative estimate of drug-likeness (QED) is 0.164. The van der Waals surface area contributed by atoms with E-state index >= 15 is 0 Å². The predicted molar refractivity (Wildman–Crippen MR) is 216 cm³/mol. The summed E-state index contributed by atoms with van der Waals surface area (Å²) in [6, 6.07) is -29.1. The molecule has 0 radical (unpaired) electrons. The van der Waals surface area contributed by atoms with Crippen molar-refractivity contribution in [3.8, 4) is 44.5 Å². The van der Waals surface area contributed by atoms with Crippen LogP contribution in [0.2, 0.25) is 0 Å². The minimum Gasteiger partial charge on any atom is -0.0616 e. The lowest BCUT2D eigenvalue weighted by Crippen LogP contribution is -1.93. The average Bonchev–Trinajstić information content (AvgIpc) is 3.62. The Morgan fingerprint density at radius 1 is 0.260 bits per heavy atom. The summed E-state index contributed by atoms with van der Waals surface area (Å²) in [5, 5.41) is -6.95. The number of rotatable bonds is 4. The topological polar surface area (TPSA) is 0 Å². The van der Waals surface area contributed by atoms with Crippen LogP contribution in [0.1, 0.15) is 42.5 Å². The van der Waals surface area contributed by atoms with Gasteiger partial charge >= 0.3 is 0 Å². The first-order valence-corrected chi connectivity index (χ1v) is 14.8. The molecule has 0 aliphatic heterocycles. The highest BCUT2D eigenvalue weighted by Gasteiger charge is 2.19. The van der Waals surface area contributed by atoms with E-state index in [-0.39, 0.29) is 0 Å². The molecule has 0 atom stereocenters. The van der Waals surface area contributed by atoms with Crippen LogP contribution in [0.25, 0.3) is 98.4 Å². The summed E-state index contributed by atoms with van der Waals surface area (Å²) in [5.41, 5.74) is -6.53. The molecule has 0 nitrogen and oxygen atoms in total. The number of fused-ring (bicyclic) bond motifs is 5. The SMILES string of the molecule is [2H]c1c([2H])c(-c2c3c([2H])c([2H])c([2H])c([2H])c3c(-c3c([2H])c([2H])c([2H])c4c([2H])c([2H])c([2H])c([2H])c34)c3c([2H])c([2H])c(-c4cc5c([2H])c([2H])c([2H])c([2H])c5c([2H])c4[2H])c([2H])c23)c([2H])c([2H])c1-c1c([2H])c([2H])c([2H])c2c([2H])c([2H])c([2H])c([2H])c12. The third-order valence-electron chi connectivity index (χ3n) is 8.10. The van der Waals surface area contributed by atoms with Crippen LogP contribution in [-0.4, -0.2) is 0 Å². The first-order valence-electron chi connectivity index (χ1n) is 30.3. The highest BCUT2D eigenvalue weighted by Crippen LogP contribution is 2.46. The molecule has 10 rings (SSSR count). The molecule has 0 amide bonds. The fourth-order valence-electron chi connectivity index (χ4n) is 5.89. The van der Waals surface area contributed by atoms with Gasteiger partial charge in [-0.3, -0.25) is 0 Å². The van der Waals surface area contributed by atoms with Gasteiger partial charge in [-0.25, -0.2) is 0 Å². The van der Waals surface area contributed by atoms with Crippen LogP contribution >= 0.6 is 0 Å². The Kier molecular flexibility index (Phi) is 2.61. The second-order valence-corrected chi connectivity index (χ2v) is 10.8. The van der Waals surface area contributed by atoms with E-state index < -0.39 is 286 Å². The lowest BCUT2D eigenvalue weighted by molar-refractivity contribution is 1.63. The van der Waals surface area contributed by atoms with Gasteiger partial charge in [0.15, 0.2) is 0 Å². The highest BCUT2D eigenvalue weighted by molar-refractivity contribution is 6.24. The van der Waals surface area contributed by atoms with E-state index in [1.807, 2.05) is 0 Å². The second kappa shape index (κ2) is 11.6. The molecule has 0 aliphatic carbocycles. The number of benzene rings is 10. The zero-order valence-corrected chi connectivity index (χ0v) is 25.1. The van der Waals surface area contributed by atoms with Gasteiger partial charge in [-0.15, -0.1) is 0 Å². The van der Waals surface area contributed by atoms with Gasteiger partial charge in [-0.1, -0.05) is 181 Å². The van der Waals surface area contributed by atoms with Crippen molar-refractivity contribution in [2.24, 2.45) is 0 Å². The van der Waals surface area contributed by atoms with E-state index in [0.717, 1.165) is 6.07 Å². The summed E-state index contributed by atoms with van der Waals surface area (Å²) in [6.07, 6.45) is 0. The Morgan fingerprint density at radius 2 is 0.740 bits per heavy atom. The van der Waals surface area contributed by atoms with Gasteiger partial charge in [0, 0.05) is 0 Å². The van der Waals surface area contributed by atoms with Crippen LogP contribution in [0.3, 0.4) is 0 Å². The molecule has 232 valence electrons. The molecule has 0 spiro atoms. The van der Waals surface area contributed by atoms with Crippen LogP contribution in [0.15, 0.2) is 193 Å². The molecule has 0 heterocycles. The number of hydrogen-bond donors (Lipinski definition) is 0. The van der Waals surface area contributed by atoms with E-state index in [2.05, 4.69) is 0 Å². The van der Waals surface area contributed by atoms with E-state index in [1.54, 1.807) is 0 Å². The fraction of sp³-hybridized carbons (Fsp3) is 0. The van der Waals surface area contributed by atoms with Gasteiger partial charge < -0.3 is 0 Å². The van der Waals surface area contributed by atoms with Crippen molar-refractivity contribution in [1.82, 2.24) is 0 Å². The van der Waals surface area contributed by atoms with Crippen molar-refractivity contribution < 1.29 is 42.5 Å². The van der Waals surface area contributed by atoms with Crippen LogP contribution in [0, 0.1) is 0 Å². The van der Waals surface area contributed by atoms with Crippen LogP contribution < -0.4 is 0 Å². The van der Waals surface area contributed by atoms with Crippen LogP contribution in [0.4, 0.5) is 0 Å². The first-order chi connectivity index (χ1) is 37.7. The highest BCUT2D eigenvalue weighted by atomic mass is 14.2. The van der Waals surface area contributed by atoms with E-state index in [0.29, 0.717) is 0 Å². The zero-order chi connectivity index (χ0) is 60.0. The van der Waals surface area contributed by atoms with Gasteiger partial charge in [-0.05, 0) is 110 Å². The summed E-state index contributed by atoms with van der Waals surface area (Å²) < 4.78 is 281. The van der Waals surface area contributed by atoms with Crippen molar-refractivity contribution >= 4 is 53.9 Å². The maximum atomic E-state index is 10.2. The summed E-state index contributed by atoms with van der Waals surface area (Å²) >= 11 is 0. The molecule has 0 unspecified atom stereocenters. The predicted octanol–water partition coefficient (Wildman–Crippen LogP) is 14.1. The van der Waals surface area contributed by atoms with Gasteiger partial charge in [0.05, 0.1) is 42.5 Å². The maximum Gasteiger partial charge on any atom is 0.0636 e. The minimum atomic E-state index is -1.19. The standard InChI is InChI=1S/C50H32/c1-2-14-38-31-39(28-23-33(38)11-1)40-29-30-47-48(32-40)49(37-26-24-36(25-27-37)42-21-9-15-34-12-3-5-17-41(34)42)45-19-7-8-20-46(45)50(47)44-22-10-16-35-13-4-6-18-43(35)44/h1-32H/i1D,2D,3D,4D,5D,6D,7D,8D,9D,10D,11D,12D,13D,14D,15D,16D,17D,18D,19D,20D,21D,22D,23D,24D,25D,26D,27D,28D,29D,30D,32D. The van der Waals surface area contributed by atoms with Crippen molar-refractivity contribution in [1.29, 1.82) is 0 Å². The van der Waals surface area contributed by atoms with E-state index in [4.69, 9.17) is 26.0 Å². The smallest absolute Gasteiger partial charge is 0.0616 e. The minimum absolute atomic E-state index is 0.413. The Balaban J connectivity index is 1.55. The summed E-state index contributed by atoms with van der Waals surface area (Å²) in [6.45, 7) is 0. The van der Waals surface area contributed by atoms with Gasteiger partial charge in [-0.2, -0.15) is 0 Å². The molecular formula is C50H32. The van der Waals surface area contributed by atoms with E-state index in [9.17, 15) is 16.4 Å². The normalized spacial score (nSPS) is 20.3. The Labute approximate surface area is 335 Å². The molecule has 0 heteroatoms. The largest absolute Gasteiger partial charge is 0.0636 e. The van der Waals surface area contributed by atoms with Gasteiger partial charge in [0.1, 0.15) is 0 Å². The van der Waals surface area contributed by atoms with Gasteiger partial charge in [0.25, 0.3) is 0 Å². The fourth-order valence-corrected chi connectivity index (χ4v) is 5.89. The third kappa shape index (κ3) is 4.61. The van der Waals surface area contributed by atoms with Crippen molar-refractivity contribution in [2.45, 2.75) is 0 Å². The lowest BCUT2D eigenvalue weighted by atomic mass is 9.83. The van der Waals surface area contributed by atoms with Crippen molar-refractivity contribution in [3.63, 3.8) is 0 Å². The zero-order valence-electron chi connectivity index (χ0n) is 56.1. The molecule has 10 aromatic rings. The Bertz CT molecular complexity index is 4650. The summed E-state index contributed by atoms with van der Waals surface area (Å²) in [7, 11) is 0. The molecular weight excluding hydrogens is 601 g/mol. The average molecular weight is 664 g/mol. The van der Waals surface area contributed by atoms with E-state index in [1.165, 1.54) is 0 Å². The molecule has 10 aromatic carbocycles. The number of hydrogen-bond acceptors (Lipinski definition) is 0. The summed E-state index contributed by atoms with van der Waals surface area (Å²) in [4.78, 5) is 0. The molecule has 0 aromatic heterocycles. The maximum absolute atomic E-state index is 10.2. The Morgan fingerprint density at radius 3 is 1.46 bits per heavy atom. The lowest BCUT2D eigenvalue weighted by Gasteiger charge is -2.20. The molecule has 0 bridgehead atoms. The first kappa shape index (κ1) is 11.3. The van der Waals surface area contributed by atoms with Crippen LogP contribution in [-0.2, 0) is 0 Å². The van der Waals surface area contributed by atoms with Crippen molar-refractivity contribution in [3.05, 3.63) is 193 Å². The van der Waals surface area contributed by atoms with Gasteiger partial charge in [0.2, 0.25) is 0 Å². The molecule has 0 saturated carbocycles. The molecule has 0 aliphatic rings. The second-order valence-electron chi connectivity index (χ2n) is 10.8. The third-order valence-corrected chi connectivity index (χ3v) is 8.10. The molecule has 0 fully saturated rings.